The highest BCUT2D eigenvalue weighted by molar-refractivity contribution is 7.92. The van der Waals surface area contributed by atoms with Crippen LogP contribution in [-0.2, 0) is 40.9 Å². The van der Waals surface area contributed by atoms with Crippen LogP contribution in [-0.4, -0.2) is 26.3 Å². The predicted molar refractivity (Wildman–Crippen MR) is 550 cm³/mol. The summed E-state index contributed by atoms with van der Waals surface area (Å²) in [5.41, 5.74) is 33.1. The average Bonchev–Trinajstić information content (AvgIpc) is 1.50. The topological polar surface area (TPSA) is 69.8 Å². The van der Waals surface area contributed by atoms with Crippen molar-refractivity contribution in [3.8, 4) is 109 Å². The molecule has 0 saturated carbocycles. The van der Waals surface area contributed by atoms with Crippen LogP contribution in [0.5, 0.6) is 0 Å². The summed E-state index contributed by atoms with van der Waals surface area (Å²) in [6, 6.07) is 106. The Morgan fingerprint density at radius 3 is 0.977 bits per heavy atom. The Balaban J connectivity index is 0.709. The number of unbranched alkanes of at least 4 members (excludes halogenated alkanes) is 20. The molecule has 5 aromatic heterocycles. The number of sulfone groups is 1. The molecule has 0 bridgehead atoms. The fourth-order valence-electron chi connectivity index (χ4n) is 21.9. The first-order valence-electron chi connectivity index (χ1n) is 48.4. The van der Waals surface area contributed by atoms with Crippen LogP contribution in [0.2, 0.25) is 0 Å². The zero-order chi connectivity index (χ0) is 87.1. The van der Waals surface area contributed by atoms with Crippen LogP contribution in [0.25, 0.3) is 163 Å². The Morgan fingerprint density at radius 1 is 0.264 bits per heavy atom. The van der Waals surface area contributed by atoms with Gasteiger partial charge in [0.1, 0.15) is 11.0 Å². The van der Waals surface area contributed by atoms with Crippen LogP contribution in [0.4, 0.5) is 0 Å². The van der Waals surface area contributed by atoms with Gasteiger partial charge in [0.2, 0.25) is 9.84 Å². The molecule has 3 aliphatic rings. The monoisotopic (exact) mass is 1760 g/mol. The van der Waals surface area contributed by atoms with Crippen LogP contribution in [0.15, 0.2) is 289 Å². The van der Waals surface area contributed by atoms with Crippen molar-refractivity contribution in [2.24, 2.45) is 0 Å². The second-order valence-corrected chi connectivity index (χ2v) is 41.6. The fourth-order valence-corrected chi connectivity index (χ4v) is 26.2. The molecule has 0 unspecified atom stereocenters. The van der Waals surface area contributed by atoms with Crippen molar-refractivity contribution in [2.45, 2.75) is 223 Å². The zero-order valence-electron chi connectivity index (χ0n) is 75.1. The lowest BCUT2D eigenvalue weighted by Crippen LogP contribution is -2.26. The molecule has 1 spiro atoms. The van der Waals surface area contributed by atoms with Gasteiger partial charge in [0.25, 0.3) is 0 Å². The van der Waals surface area contributed by atoms with E-state index in [1.807, 2.05) is 18.2 Å². The van der Waals surface area contributed by atoms with E-state index < -0.39 is 15.3 Å². The number of fused-ring (bicyclic) bond motifs is 20. The molecule has 18 aromatic rings. The summed E-state index contributed by atoms with van der Waals surface area (Å²) < 4.78 is 46.5. The fraction of sp³-hybridized carbons (Fsp3) is 0.277. The van der Waals surface area contributed by atoms with E-state index in [0.29, 0.717) is 9.79 Å². The van der Waals surface area contributed by atoms with Gasteiger partial charge in [-0.05, 0) is 273 Å². The predicted octanol–water partition coefficient (Wildman–Crippen LogP) is 34.8. The van der Waals surface area contributed by atoms with Crippen molar-refractivity contribution in [3.05, 3.63) is 324 Å². The third-order valence-corrected chi connectivity index (χ3v) is 33.3. The molecule has 10 heteroatoms. The third kappa shape index (κ3) is 15.8. The van der Waals surface area contributed by atoms with Crippen molar-refractivity contribution in [3.63, 3.8) is 0 Å². The summed E-state index contributed by atoms with van der Waals surface area (Å²) in [4.78, 5) is 5.06. The Kier molecular flexibility index (Phi) is 24.1. The average molecular weight is 1760 g/mol. The van der Waals surface area contributed by atoms with Gasteiger partial charge in [-0.2, -0.15) is 8.75 Å². The van der Waals surface area contributed by atoms with Crippen LogP contribution in [0.1, 0.15) is 226 Å². The quantitative estimate of drug-likeness (QED) is 0.0367. The van der Waals surface area contributed by atoms with Gasteiger partial charge in [-0.1, -0.05) is 314 Å². The molecule has 21 rings (SSSR count). The number of rotatable bonds is 36. The minimum atomic E-state index is -4.00. The highest BCUT2D eigenvalue weighted by atomic mass is 32.2. The van der Waals surface area contributed by atoms with Gasteiger partial charge in [0.05, 0.1) is 49.0 Å². The van der Waals surface area contributed by atoms with Crippen LogP contribution in [0.3, 0.4) is 0 Å². The number of hydrogen-bond acceptors (Lipinski definition) is 7. The molecule has 0 amide bonds. The zero-order valence-corrected chi connectivity index (χ0v) is 78.4. The summed E-state index contributed by atoms with van der Waals surface area (Å²) in [6.45, 7) is 9.24. The Hall–Kier alpha value is -11.4. The Morgan fingerprint density at radius 2 is 0.574 bits per heavy atom. The molecular formula is C119H114N4O2S4. The molecule has 646 valence electrons. The molecule has 2 aliphatic carbocycles. The third-order valence-electron chi connectivity index (χ3n) is 28.6. The first kappa shape index (κ1) is 84.5. The Labute approximate surface area is 774 Å². The lowest BCUT2D eigenvalue weighted by Gasteiger charge is -2.32. The van der Waals surface area contributed by atoms with E-state index >= 15 is 8.42 Å². The number of hydrogen-bond donors (Lipinski definition) is 0. The minimum absolute atomic E-state index is 0.335. The van der Waals surface area contributed by atoms with Gasteiger partial charge in [0, 0.05) is 74.7 Å². The molecule has 6 nitrogen and oxygen atoms in total. The van der Waals surface area contributed by atoms with E-state index in [4.69, 9.17) is 8.75 Å². The SMILES string of the molecule is CCCCCCCCc1ccc2c(c1)c1cc(CCCCCCCC)ccc1n2-c1ccc2c(c1)C1(c3cc(-c4ccccc4)ccc3-c3ccc(-c4ccc5c(c4)S(=O)(=O)c4cc(-c6ccc(-c7ccc(-c8ccc(-c9ccccc9)s8)c8nsnc78)s6)ccc4-5)cc31)c1cc(-n3c4ccc(CCCCCCCC)cc4c4cc(CCCCCCCC)ccc43)ccc1-2. The number of nitrogens with zero attached hydrogens (tertiary/aromatic N) is 4. The van der Waals surface area contributed by atoms with Crippen molar-refractivity contribution >= 4 is 98.9 Å². The summed E-state index contributed by atoms with van der Waals surface area (Å²) in [7, 11) is -4.00. The van der Waals surface area contributed by atoms with Crippen molar-refractivity contribution in [2.75, 3.05) is 0 Å². The first-order chi connectivity index (χ1) is 63.6. The van der Waals surface area contributed by atoms with E-state index in [1.165, 1.54) is 292 Å². The molecule has 0 atom stereocenters. The van der Waals surface area contributed by atoms with Gasteiger partial charge in [-0.15, -0.1) is 22.7 Å². The number of benzene rings is 13. The number of aryl methyl sites for hydroxylation is 4. The van der Waals surface area contributed by atoms with Crippen molar-refractivity contribution in [1.29, 1.82) is 0 Å². The van der Waals surface area contributed by atoms with E-state index in [2.05, 4.69) is 298 Å². The molecule has 0 radical (unpaired) electrons. The summed E-state index contributed by atoms with van der Waals surface area (Å²) >= 11 is 4.66. The normalized spacial score (nSPS) is 13.2. The molecule has 0 fully saturated rings. The number of aromatic nitrogens is 4. The molecule has 129 heavy (non-hydrogen) atoms. The van der Waals surface area contributed by atoms with E-state index in [-0.39, 0.29) is 0 Å². The van der Waals surface area contributed by atoms with E-state index in [9.17, 15) is 0 Å². The summed E-state index contributed by atoms with van der Waals surface area (Å²) in [5, 5.41) is 5.29. The first-order valence-corrected chi connectivity index (χ1v) is 52.2. The van der Waals surface area contributed by atoms with Crippen LogP contribution in [0, 0.1) is 0 Å². The molecule has 1 aliphatic heterocycles. The number of thiophene rings is 2. The highest BCUT2D eigenvalue weighted by Crippen LogP contribution is 2.65. The van der Waals surface area contributed by atoms with Crippen molar-refractivity contribution < 1.29 is 8.42 Å². The maximum atomic E-state index is 15.7. The molecule has 13 aromatic carbocycles. The molecule has 0 saturated heterocycles. The van der Waals surface area contributed by atoms with Gasteiger partial charge >= 0.3 is 0 Å². The standard InChI is InChI=1S/C119H114N4O2S4/c1-5-9-13-17-21-27-35-79-43-61-107-99(69-79)100-70-80(36-28-22-18-14-10-6-2)44-62-108(100)122(107)89-51-57-93-94-58-52-90(123-109-63-45-81(37-29-23-19-15-11-7-3)71-101(109)102-72-82(46-64-110(102)123)38-30-24-20-16-12-8-4)78-106(94)119(105(93)77-89)103-73-85(83-39-31-25-32-40-83)47-53-91(103)92-54-48-86(74-104(92)119)87-49-55-95-96-56-50-88(76-116(96)129(124,125)115(95)75-87)112-66-68-114(127-112)98-60-59-97(117-118(98)121-128-120-117)113-67-65-111(126-113)84-41-33-26-34-42-84/h25-26,31-34,39-78H,5-24,27-30,35-38H2,1-4H3. The van der Waals surface area contributed by atoms with Gasteiger partial charge in [-0.25, -0.2) is 8.42 Å². The molecule has 6 heterocycles. The van der Waals surface area contributed by atoms with Gasteiger partial charge in [0.15, 0.2) is 0 Å². The van der Waals surface area contributed by atoms with Crippen LogP contribution >= 0.6 is 34.4 Å². The maximum absolute atomic E-state index is 15.7. The highest BCUT2D eigenvalue weighted by Gasteiger charge is 2.53. The second kappa shape index (κ2) is 36.9. The summed E-state index contributed by atoms with van der Waals surface area (Å²) in [5.74, 6) is 0. The Bertz CT molecular complexity index is 7000. The second-order valence-electron chi connectivity index (χ2n) is 37.0. The van der Waals surface area contributed by atoms with Gasteiger partial charge < -0.3 is 9.13 Å². The van der Waals surface area contributed by atoms with E-state index in [0.717, 1.165) is 107 Å². The largest absolute Gasteiger partial charge is 0.309 e. The summed E-state index contributed by atoms with van der Waals surface area (Å²) in [6.07, 6.45) is 34.8. The smallest absolute Gasteiger partial charge is 0.207 e. The minimum Gasteiger partial charge on any atom is -0.309 e. The molecular weight excluding hydrogens is 1650 g/mol. The van der Waals surface area contributed by atoms with Gasteiger partial charge in [-0.3, -0.25) is 0 Å². The van der Waals surface area contributed by atoms with Crippen molar-refractivity contribution in [1.82, 2.24) is 17.9 Å². The van der Waals surface area contributed by atoms with Crippen LogP contribution < -0.4 is 0 Å². The lowest BCUT2D eigenvalue weighted by atomic mass is 9.69. The van der Waals surface area contributed by atoms with E-state index in [1.54, 1.807) is 22.7 Å². The lowest BCUT2D eigenvalue weighted by molar-refractivity contribution is 0.598. The maximum Gasteiger partial charge on any atom is 0.207 e. The molecule has 0 N–H and O–H groups in total.